The molecule has 7 heteroatoms. The van der Waals surface area contributed by atoms with Gasteiger partial charge < -0.3 is 24.2 Å². The number of benzene rings is 1. The Morgan fingerprint density at radius 1 is 1.32 bits per heavy atom. The van der Waals surface area contributed by atoms with E-state index in [9.17, 15) is 14.7 Å². The van der Waals surface area contributed by atoms with Gasteiger partial charge in [-0.25, -0.2) is 0 Å². The van der Waals surface area contributed by atoms with Crippen molar-refractivity contribution in [2.24, 2.45) is 0 Å². The van der Waals surface area contributed by atoms with Crippen molar-refractivity contribution in [3.05, 3.63) is 35.1 Å². The van der Waals surface area contributed by atoms with Gasteiger partial charge in [0.25, 0.3) is 5.91 Å². The maximum absolute atomic E-state index is 12.6. The molecule has 3 aliphatic rings. The lowest BCUT2D eigenvalue weighted by atomic mass is 9.96. The topological polar surface area (TPSA) is 85.3 Å². The molecule has 0 radical (unpaired) electrons. The number of carbonyl (C=O) groups excluding carboxylic acids is 2. The van der Waals surface area contributed by atoms with Crippen molar-refractivity contribution in [2.45, 2.75) is 31.9 Å². The van der Waals surface area contributed by atoms with E-state index in [1.165, 1.54) is 11.8 Å². The van der Waals surface area contributed by atoms with Crippen molar-refractivity contribution in [1.82, 2.24) is 4.90 Å². The van der Waals surface area contributed by atoms with Crippen LogP contribution in [0.1, 0.15) is 31.4 Å². The Labute approximate surface area is 144 Å². The summed E-state index contributed by atoms with van der Waals surface area (Å²) in [5.41, 5.74) is 0.812. The summed E-state index contributed by atoms with van der Waals surface area (Å²) in [6.07, 6.45) is 1.72. The molecule has 25 heavy (non-hydrogen) atoms. The van der Waals surface area contributed by atoms with Crippen molar-refractivity contribution in [3.8, 4) is 11.5 Å². The van der Waals surface area contributed by atoms with E-state index in [1.807, 2.05) is 0 Å². The molecule has 3 heterocycles. The Kier molecular flexibility index (Phi) is 3.88. The number of Topliss-reactive ketones (excluding diaryl/α,β-unsaturated/α-hetero) is 1. The van der Waals surface area contributed by atoms with Gasteiger partial charge in [0.1, 0.15) is 0 Å². The zero-order chi connectivity index (χ0) is 17.6. The Morgan fingerprint density at radius 2 is 2.12 bits per heavy atom. The first-order chi connectivity index (χ1) is 12.1. The summed E-state index contributed by atoms with van der Waals surface area (Å²) in [5.74, 6) is -0.160. The number of rotatable bonds is 4. The zero-order valence-electron chi connectivity index (χ0n) is 13.9. The number of aliphatic hydroxyl groups excluding tert-OH is 1. The number of hydrogen-bond donors (Lipinski definition) is 1. The van der Waals surface area contributed by atoms with Crippen LogP contribution in [-0.2, 0) is 14.3 Å². The van der Waals surface area contributed by atoms with Crippen molar-refractivity contribution in [3.63, 3.8) is 0 Å². The fraction of sp³-hybridized carbons (Fsp3) is 0.444. The van der Waals surface area contributed by atoms with Crippen LogP contribution in [0.4, 0.5) is 0 Å². The number of ketones is 1. The van der Waals surface area contributed by atoms with Crippen LogP contribution in [0.15, 0.2) is 29.5 Å². The molecule has 7 nitrogen and oxygen atoms in total. The van der Waals surface area contributed by atoms with E-state index < -0.39 is 17.7 Å². The van der Waals surface area contributed by atoms with E-state index in [0.717, 1.165) is 12.8 Å². The summed E-state index contributed by atoms with van der Waals surface area (Å²) < 4.78 is 16.3. The van der Waals surface area contributed by atoms with Crippen LogP contribution >= 0.6 is 0 Å². The van der Waals surface area contributed by atoms with E-state index in [2.05, 4.69) is 0 Å². The molecule has 0 spiro atoms. The lowest BCUT2D eigenvalue weighted by Crippen LogP contribution is -2.37. The third-order valence-corrected chi connectivity index (χ3v) is 4.82. The average molecular weight is 345 g/mol. The monoisotopic (exact) mass is 345 g/mol. The van der Waals surface area contributed by atoms with Crippen molar-refractivity contribution < 1.29 is 28.9 Å². The molecule has 1 N–H and O–H groups in total. The second kappa shape index (κ2) is 6.07. The molecular formula is C18H19NO6. The van der Waals surface area contributed by atoms with Crippen LogP contribution in [0.25, 0.3) is 0 Å². The largest absolute Gasteiger partial charge is 0.503 e. The lowest BCUT2D eigenvalue weighted by molar-refractivity contribution is -0.131. The smallest absolute Gasteiger partial charge is 0.290 e. The highest BCUT2D eigenvalue weighted by atomic mass is 16.7. The van der Waals surface area contributed by atoms with Gasteiger partial charge in [0, 0.05) is 13.2 Å². The molecule has 4 rings (SSSR count). The SMILES string of the molecule is CC(=O)C1=C(O)C(=O)N(C[C@@H]2CCCO2)[C@H]1c1ccc2c(c1)OCO2. The van der Waals surface area contributed by atoms with Crippen LogP contribution in [0.2, 0.25) is 0 Å². The minimum atomic E-state index is -0.649. The van der Waals surface area contributed by atoms with Gasteiger partial charge in [0.05, 0.1) is 17.7 Å². The summed E-state index contributed by atoms with van der Waals surface area (Å²) in [4.78, 5) is 26.2. The number of ether oxygens (including phenoxy) is 3. The van der Waals surface area contributed by atoms with E-state index >= 15 is 0 Å². The maximum atomic E-state index is 12.6. The van der Waals surface area contributed by atoms with Crippen molar-refractivity contribution in [2.75, 3.05) is 19.9 Å². The fourth-order valence-electron chi connectivity index (χ4n) is 3.64. The highest BCUT2D eigenvalue weighted by Crippen LogP contribution is 2.42. The van der Waals surface area contributed by atoms with Gasteiger partial charge in [0.15, 0.2) is 23.0 Å². The van der Waals surface area contributed by atoms with Gasteiger partial charge in [0.2, 0.25) is 6.79 Å². The average Bonchev–Trinajstić information content (AvgIpc) is 3.30. The molecule has 2 atom stereocenters. The minimum Gasteiger partial charge on any atom is -0.503 e. The Hall–Kier alpha value is -2.54. The number of hydrogen-bond acceptors (Lipinski definition) is 6. The second-order valence-corrected chi connectivity index (χ2v) is 6.43. The Morgan fingerprint density at radius 3 is 2.84 bits per heavy atom. The summed E-state index contributed by atoms with van der Waals surface area (Å²) in [6.45, 7) is 2.50. The molecule has 1 amide bonds. The first-order valence-corrected chi connectivity index (χ1v) is 8.32. The molecule has 132 valence electrons. The van der Waals surface area contributed by atoms with Gasteiger partial charge in [-0.05, 0) is 37.5 Å². The number of carbonyl (C=O) groups is 2. The number of aliphatic hydroxyl groups is 1. The van der Waals surface area contributed by atoms with Crippen molar-refractivity contribution >= 4 is 11.7 Å². The molecule has 0 saturated carbocycles. The van der Waals surface area contributed by atoms with Crippen molar-refractivity contribution in [1.29, 1.82) is 0 Å². The fourth-order valence-corrected chi connectivity index (χ4v) is 3.64. The summed E-state index contributed by atoms with van der Waals surface area (Å²) in [7, 11) is 0. The van der Waals surface area contributed by atoms with E-state index in [4.69, 9.17) is 14.2 Å². The molecule has 0 aliphatic carbocycles. The molecule has 1 aromatic carbocycles. The third kappa shape index (κ3) is 2.64. The zero-order valence-corrected chi connectivity index (χ0v) is 13.9. The molecular weight excluding hydrogens is 326 g/mol. The van der Waals surface area contributed by atoms with E-state index in [0.29, 0.717) is 30.2 Å². The van der Waals surface area contributed by atoms with Gasteiger partial charge in [-0.15, -0.1) is 0 Å². The van der Waals surface area contributed by atoms with Gasteiger partial charge in [-0.3, -0.25) is 9.59 Å². The quantitative estimate of drug-likeness (QED) is 0.897. The van der Waals surface area contributed by atoms with Crippen LogP contribution in [-0.4, -0.2) is 47.7 Å². The molecule has 1 aromatic rings. The predicted molar refractivity (Wildman–Crippen MR) is 86.3 cm³/mol. The Bertz CT molecular complexity index is 765. The highest BCUT2D eigenvalue weighted by molar-refractivity contribution is 6.08. The number of fused-ring (bicyclic) bond motifs is 1. The third-order valence-electron chi connectivity index (χ3n) is 4.82. The highest BCUT2D eigenvalue weighted by Gasteiger charge is 2.43. The van der Waals surface area contributed by atoms with Gasteiger partial charge in [-0.1, -0.05) is 6.07 Å². The predicted octanol–water partition coefficient (Wildman–Crippen LogP) is 1.88. The summed E-state index contributed by atoms with van der Waals surface area (Å²) in [6, 6.07) is 4.64. The van der Waals surface area contributed by atoms with Gasteiger partial charge in [-0.2, -0.15) is 0 Å². The van der Waals surface area contributed by atoms with Crippen LogP contribution < -0.4 is 9.47 Å². The van der Waals surface area contributed by atoms with Crippen LogP contribution in [0.5, 0.6) is 11.5 Å². The normalized spacial score (nSPS) is 25.2. The molecule has 0 unspecified atom stereocenters. The minimum absolute atomic E-state index is 0.0837. The molecule has 0 aromatic heterocycles. The number of amides is 1. The first-order valence-electron chi connectivity index (χ1n) is 8.32. The second-order valence-electron chi connectivity index (χ2n) is 6.43. The Balaban J connectivity index is 1.73. The standard InChI is InChI=1S/C18H19NO6/c1-10(20)15-16(11-4-5-13-14(7-11)25-9-24-13)19(18(22)17(15)21)8-12-3-2-6-23-12/h4-5,7,12,16,21H,2-3,6,8-9H2,1H3/t12-,16-/m0/s1. The molecule has 1 fully saturated rings. The lowest BCUT2D eigenvalue weighted by Gasteiger charge is -2.28. The molecule has 0 bridgehead atoms. The summed E-state index contributed by atoms with van der Waals surface area (Å²) in [5, 5.41) is 10.3. The first kappa shape index (κ1) is 16.0. The van der Waals surface area contributed by atoms with Crippen LogP contribution in [0.3, 0.4) is 0 Å². The number of nitrogens with zero attached hydrogens (tertiary/aromatic N) is 1. The van der Waals surface area contributed by atoms with E-state index in [-0.39, 0.29) is 24.3 Å². The molecule has 3 aliphatic heterocycles. The van der Waals surface area contributed by atoms with Crippen LogP contribution in [0, 0.1) is 0 Å². The summed E-state index contributed by atoms with van der Waals surface area (Å²) >= 11 is 0. The van der Waals surface area contributed by atoms with E-state index in [1.54, 1.807) is 18.2 Å². The maximum Gasteiger partial charge on any atom is 0.290 e. The van der Waals surface area contributed by atoms with Gasteiger partial charge >= 0.3 is 0 Å². The molecule has 1 saturated heterocycles.